The molecule has 4 nitrogen and oxygen atoms in total. The number of aromatic nitrogens is 1. The molecule has 0 bridgehead atoms. The summed E-state index contributed by atoms with van der Waals surface area (Å²) in [5.41, 5.74) is 1.18. The highest BCUT2D eigenvalue weighted by molar-refractivity contribution is 7.04. The van der Waals surface area contributed by atoms with E-state index in [-0.39, 0.29) is 5.56 Å². The Balaban J connectivity index is 2.60. The maximum absolute atomic E-state index is 11.0. The molecule has 0 amide bonds. The molecular formula is C11H8ClNO3S. The van der Waals surface area contributed by atoms with Crippen molar-refractivity contribution in [2.45, 2.75) is 0 Å². The number of rotatable bonds is 3. The van der Waals surface area contributed by atoms with E-state index in [1.54, 1.807) is 18.2 Å². The van der Waals surface area contributed by atoms with Gasteiger partial charge in [0.2, 0.25) is 0 Å². The fourth-order valence-corrected chi connectivity index (χ4v) is 2.28. The van der Waals surface area contributed by atoms with Gasteiger partial charge in [-0.3, -0.25) is 0 Å². The second-order valence-corrected chi connectivity index (χ2v) is 4.29. The van der Waals surface area contributed by atoms with Gasteiger partial charge in [0.05, 0.1) is 12.7 Å². The van der Waals surface area contributed by atoms with Gasteiger partial charge in [0.15, 0.2) is 0 Å². The molecule has 17 heavy (non-hydrogen) atoms. The minimum absolute atomic E-state index is 0.163. The number of ether oxygens (including phenoxy) is 1. The molecule has 2 rings (SSSR count). The summed E-state index contributed by atoms with van der Waals surface area (Å²) in [6, 6.07) is 4.99. The number of carboxylic acid groups (broad SMARTS) is 1. The number of nitrogens with zero attached hydrogens (tertiary/aromatic N) is 1. The van der Waals surface area contributed by atoms with Crippen molar-refractivity contribution in [1.82, 2.24) is 4.37 Å². The molecule has 88 valence electrons. The Hall–Kier alpha value is -1.59. The number of carboxylic acids is 1. The third-order valence-corrected chi connectivity index (χ3v) is 3.08. The molecule has 0 radical (unpaired) electrons. The first-order valence-electron chi connectivity index (χ1n) is 4.65. The van der Waals surface area contributed by atoms with Crippen LogP contribution in [0.15, 0.2) is 23.6 Å². The van der Waals surface area contributed by atoms with E-state index < -0.39 is 5.97 Å². The molecule has 0 aliphatic heterocycles. The van der Waals surface area contributed by atoms with E-state index >= 15 is 0 Å². The molecule has 6 heteroatoms. The number of benzene rings is 1. The summed E-state index contributed by atoms with van der Waals surface area (Å²) in [5, 5.41) is 11.1. The normalized spacial score (nSPS) is 10.2. The molecule has 0 saturated carbocycles. The Morgan fingerprint density at radius 3 is 2.94 bits per heavy atom. The van der Waals surface area contributed by atoms with E-state index in [0.717, 1.165) is 11.5 Å². The number of methoxy groups -OCH3 is 1. The third-order valence-electron chi connectivity index (χ3n) is 2.22. The Bertz CT molecular complexity index is 568. The minimum Gasteiger partial charge on any atom is -0.496 e. The first kappa shape index (κ1) is 11.9. The van der Waals surface area contributed by atoms with Crippen molar-refractivity contribution < 1.29 is 14.6 Å². The van der Waals surface area contributed by atoms with Gasteiger partial charge in [0.1, 0.15) is 11.4 Å². The van der Waals surface area contributed by atoms with Crippen LogP contribution in [0.2, 0.25) is 5.02 Å². The number of hydrogen-bond donors (Lipinski definition) is 1. The highest BCUT2D eigenvalue weighted by Crippen LogP contribution is 2.34. The molecule has 1 aromatic heterocycles. The lowest BCUT2D eigenvalue weighted by molar-refractivity contribution is 0.0698. The fraction of sp³-hybridized carbons (Fsp3) is 0.0909. The van der Waals surface area contributed by atoms with Crippen molar-refractivity contribution in [3.8, 4) is 17.0 Å². The quantitative estimate of drug-likeness (QED) is 0.930. The topological polar surface area (TPSA) is 59.4 Å². The van der Waals surface area contributed by atoms with Crippen molar-refractivity contribution in [2.75, 3.05) is 7.11 Å². The Labute approximate surface area is 107 Å². The van der Waals surface area contributed by atoms with Gasteiger partial charge in [-0.2, -0.15) is 4.37 Å². The van der Waals surface area contributed by atoms with Gasteiger partial charge in [-0.05, 0) is 29.7 Å². The number of aromatic carboxylic acids is 1. The molecule has 2 aromatic rings. The van der Waals surface area contributed by atoms with Crippen LogP contribution >= 0.6 is 23.1 Å². The number of halogens is 1. The molecule has 0 saturated heterocycles. The van der Waals surface area contributed by atoms with Crippen LogP contribution in [0.25, 0.3) is 11.3 Å². The second kappa shape index (κ2) is 4.73. The first-order valence-corrected chi connectivity index (χ1v) is 5.86. The molecule has 1 N–H and O–H groups in total. The zero-order valence-electron chi connectivity index (χ0n) is 8.81. The molecule has 0 aliphatic carbocycles. The van der Waals surface area contributed by atoms with Crippen molar-refractivity contribution in [3.05, 3.63) is 34.2 Å². The van der Waals surface area contributed by atoms with E-state index in [0.29, 0.717) is 22.0 Å². The summed E-state index contributed by atoms with van der Waals surface area (Å²) in [4.78, 5) is 11.0. The van der Waals surface area contributed by atoms with Gasteiger partial charge in [-0.1, -0.05) is 11.6 Å². The predicted octanol–water partition coefficient (Wildman–Crippen LogP) is 3.17. The van der Waals surface area contributed by atoms with Gasteiger partial charge >= 0.3 is 5.97 Å². The minimum atomic E-state index is -1.01. The summed E-state index contributed by atoms with van der Waals surface area (Å²) in [6.07, 6.45) is 0. The van der Waals surface area contributed by atoms with Crippen LogP contribution in [0.3, 0.4) is 0 Å². The van der Waals surface area contributed by atoms with E-state index in [9.17, 15) is 4.79 Å². The smallest absolute Gasteiger partial charge is 0.338 e. The zero-order chi connectivity index (χ0) is 12.4. The zero-order valence-corrected chi connectivity index (χ0v) is 10.4. The van der Waals surface area contributed by atoms with Crippen LogP contribution in [0.1, 0.15) is 10.4 Å². The van der Waals surface area contributed by atoms with E-state index in [2.05, 4.69) is 4.37 Å². The maximum Gasteiger partial charge on any atom is 0.338 e. The highest BCUT2D eigenvalue weighted by atomic mass is 35.5. The summed E-state index contributed by atoms with van der Waals surface area (Å²) in [7, 11) is 1.50. The highest BCUT2D eigenvalue weighted by Gasteiger charge is 2.18. The number of carbonyl (C=O) groups is 1. The van der Waals surface area contributed by atoms with Crippen molar-refractivity contribution in [3.63, 3.8) is 0 Å². The van der Waals surface area contributed by atoms with E-state index in [4.69, 9.17) is 21.4 Å². The number of hydrogen-bond acceptors (Lipinski definition) is 4. The summed E-state index contributed by atoms with van der Waals surface area (Å²) in [5.74, 6) is -0.503. The fourth-order valence-electron chi connectivity index (χ4n) is 1.44. The molecular weight excluding hydrogens is 262 g/mol. The molecule has 1 heterocycles. The summed E-state index contributed by atoms with van der Waals surface area (Å²) in [6.45, 7) is 0. The van der Waals surface area contributed by atoms with Gasteiger partial charge in [-0.15, -0.1) is 0 Å². The van der Waals surface area contributed by atoms with Crippen LogP contribution in [0.4, 0.5) is 0 Å². The lowest BCUT2D eigenvalue weighted by atomic mass is 10.1. The van der Waals surface area contributed by atoms with Gasteiger partial charge in [0.25, 0.3) is 0 Å². The predicted molar refractivity (Wildman–Crippen MR) is 66.1 cm³/mol. The van der Waals surface area contributed by atoms with Crippen LogP contribution in [-0.4, -0.2) is 22.6 Å². The Kier molecular flexibility index (Phi) is 3.31. The summed E-state index contributed by atoms with van der Waals surface area (Å²) < 4.78 is 9.26. The van der Waals surface area contributed by atoms with Crippen LogP contribution in [-0.2, 0) is 0 Å². The average Bonchev–Trinajstić information content (AvgIpc) is 2.77. The Morgan fingerprint density at radius 2 is 2.29 bits per heavy atom. The van der Waals surface area contributed by atoms with Crippen molar-refractivity contribution in [2.24, 2.45) is 0 Å². The first-order chi connectivity index (χ1) is 8.13. The van der Waals surface area contributed by atoms with Crippen molar-refractivity contribution in [1.29, 1.82) is 0 Å². The van der Waals surface area contributed by atoms with Gasteiger partial charge in [-0.25, -0.2) is 4.79 Å². The third kappa shape index (κ3) is 2.25. The maximum atomic E-state index is 11.0. The standard InChI is InChI=1S/C11H8ClNO3S/c1-16-9-4-6(12)2-3-7(9)10-8(11(14)15)5-17-13-10/h2-5H,1H3,(H,14,15). The van der Waals surface area contributed by atoms with Gasteiger partial charge in [0, 0.05) is 16.0 Å². The van der Waals surface area contributed by atoms with Crippen LogP contribution in [0.5, 0.6) is 5.75 Å². The van der Waals surface area contributed by atoms with Crippen molar-refractivity contribution >= 4 is 29.1 Å². The average molecular weight is 270 g/mol. The second-order valence-electron chi connectivity index (χ2n) is 3.23. The molecule has 0 atom stereocenters. The molecule has 0 fully saturated rings. The van der Waals surface area contributed by atoms with E-state index in [1.807, 2.05) is 0 Å². The van der Waals surface area contributed by atoms with Crippen LogP contribution < -0.4 is 4.74 Å². The van der Waals surface area contributed by atoms with Crippen LogP contribution in [0, 0.1) is 0 Å². The largest absolute Gasteiger partial charge is 0.496 e. The molecule has 0 aliphatic rings. The SMILES string of the molecule is COc1cc(Cl)ccc1-c1nscc1C(=O)O. The van der Waals surface area contributed by atoms with E-state index in [1.165, 1.54) is 12.5 Å². The van der Waals surface area contributed by atoms with Gasteiger partial charge < -0.3 is 9.84 Å². The lowest BCUT2D eigenvalue weighted by Gasteiger charge is -2.07. The summed E-state index contributed by atoms with van der Waals surface area (Å²) >= 11 is 6.94. The molecule has 0 unspecified atom stereocenters. The lowest BCUT2D eigenvalue weighted by Crippen LogP contribution is -1.98. The Morgan fingerprint density at radius 1 is 1.53 bits per heavy atom. The monoisotopic (exact) mass is 269 g/mol. The molecule has 1 aromatic carbocycles. The molecule has 0 spiro atoms.